The van der Waals surface area contributed by atoms with Gasteiger partial charge in [0.15, 0.2) is 25.2 Å². The van der Waals surface area contributed by atoms with E-state index >= 15 is 0 Å². The smallest absolute Gasteiger partial charge is 0.223 e. The molecule has 4 rings (SSSR count). The third-order valence-corrected chi connectivity index (χ3v) is 9.26. The first kappa shape index (κ1) is 40.6. The lowest BCUT2D eigenvalue weighted by molar-refractivity contribution is -0.385. The van der Waals surface area contributed by atoms with Crippen LogP contribution >= 0.6 is 0 Å². The average molecular weight is 716 g/mol. The van der Waals surface area contributed by atoms with E-state index in [-0.39, 0.29) is 6.42 Å². The highest BCUT2D eigenvalue weighted by Gasteiger charge is 2.54. The van der Waals surface area contributed by atoms with E-state index in [1.165, 1.54) is 41.7 Å². The monoisotopic (exact) mass is 715 g/mol. The standard InChI is InChI=1S/C30H53NO18/c1-9-14(31-13(32)8-30(5,6)41)18(36)25(42-7)29(44-9)48-23-17(35)12(4)45-27(21(23)39)47-22-16(34)11(3)46-28(20(22)38)49-24-19(37)15(33)10(2)43-26(24)40/h9-12,14-29,33-41H,8H2,1-7H3,(H,31,32)/t9-,10-,11+,12+,14-,15-,16+,17+,18+,19+,20-,21-,22-,23-,24+,25-,26+,27-,28-,29+/m1/s1. The minimum absolute atomic E-state index is 0.246. The highest BCUT2D eigenvalue weighted by molar-refractivity contribution is 5.77. The quantitative estimate of drug-likeness (QED) is 0.102. The van der Waals surface area contributed by atoms with Crippen molar-refractivity contribution < 1.29 is 88.6 Å². The summed E-state index contributed by atoms with van der Waals surface area (Å²) in [6.07, 6.45) is -27.4. The fourth-order valence-electron chi connectivity index (χ4n) is 6.38. The van der Waals surface area contributed by atoms with Gasteiger partial charge in [-0.3, -0.25) is 4.79 Å². The molecule has 4 aliphatic rings. The van der Waals surface area contributed by atoms with Crippen molar-refractivity contribution in [2.24, 2.45) is 0 Å². The highest BCUT2D eigenvalue weighted by atomic mass is 16.8. The van der Waals surface area contributed by atoms with E-state index in [4.69, 9.17) is 37.9 Å². The number of hydrogen-bond acceptors (Lipinski definition) is 18. The van der Waals surface area contributed by atoms with Gasteiger partial charge in [0, 0.05) is 7.11 Å². The molecule has 0 spiro atoms. The molecule has 0 aromatic heterocycles. The maximum Gasteiger partial charge on any atom is 0.223 e. The zero-order valence-electron chi connectivity index (χ0n) is 28.5. The van der Waals surface area contributed by atoms with E-state index in [2.05, 4.69) is 5.32 Å². The Morgan fingerprint density at radius 1 is 0.592 bits per heavy atom. The van der Waals surface area contributed by atoms with Gasteiger partial charge in [-0.15, -0.1) is 0 Å². The first-order chi connectivity index (χ1) is 22.7. The number of rotatable bonds is 10. The largest absolute Gasteiger partial charge is 0.390 e. The van der Waals surface area contributed by atoms with Crippen LogP contribution in [0.3, 0.4) is 0 Å². The van der Waals surface area contributed by atoms with Gasteiger partial charge in [0.1, 0.15) is 67.1 Å². The van der Waals surface area contributed by atoms with Gasteiger partial charge >= 0.3 is 0 Å². The lowest BCUT2D eigenvalue weighted by atomic mass is 9.94. The molecule has 0 radical (unpaired) electrons. The number of aliphatic hydroxyl groups excluding tert-OH is 8. The SMILES string of the molecule is CO[C@H]1[C@H](O[C@@H]2[C@@H](O)[C@H](C)O[C@H](O[C@@H]3[C@@H](O)[C@H](C)O[C@H](O[C@H]4[C@@H](O)[C@H](O)[C@@H](C)O[C@@H]4O)[C@@H]3O)[C@@H]2O)O[C@H](C)[C@@H](NC(=O)CC(C)(C)O)[C@@H]1O. The van der Waals surface area contributed by atoms with Crippen LogP contribution < -0.4 is 5.32 Å². The molecule has 19 nitrogen and oxygen atoms in total. The second-order valence-corrected chi connectivity index (χ2v) is 13.9. The van der Waals surface area contributed by atoms with Crippen molar-refractivity contribution in [1.29, 1.82) is 0 Å². The van der Waals surface area contributed by atoms with E-state index in [0.717, 1.165) is 0 Å². The average Bonchev–Trinajstić information content (AvgIpc) is 3.00. The van der Waals surface area contributed by atoms with Crippen molar-refractivity contribution in [3.63, 3.8) is 0 Å². The number of carbonyl (C=O) groups excluding carboxylic acids is 1. The molecule has 4 saturated heterocycles. The summed E-state index contributed by atoms with van der Waals surface area (Å²) in [6, 6.07) is -0.970. The maximum absolute atomic E-state index is 12.5. The second kappa shape index (κ2) is 16.2. The summed E-state index contributed by atoms with van der Waals surface area (Å²) >= 11 is 0. The molecular weight excluding hydrogens is 662 g/mol. The molecule has 20 atom stereocenters. The molecule has 0 unspecified atom stereocenters. The van der Waals surface area contributed by atoms with Crippen molar-refractivity contribution in [3.05, 3.63) is 0 Å². The Morgan fingerprint density at radius 2 is 1.04 bits per heavy atom. The first-order valence-corrected chi connectivity index (χ1v) is 16.3. The Kier molecular flexibility index (Phi) is 13.4. The van der Waals surface area contributed by atoms with Gasteiger partial charge in [0.05, 0.1) is 42.5 Å². The summed E-state index contributed by atoms with van der Waals surface area (Å²) < 4.78 is 45.2. The van der Waals surface area contributed by atoms with Crippen LogP contribution in [0.25, 0.3) is 0 Å². The molecule has 10 N–H and O–H groups in total. The predicted molar refractivity (Wildman–Crippen MR) is 160 cm³/mol. The number of ether oxygens (including phenoxy) is 8. The number of hydrogen-bond donors (Lipinski definition) is 10. The van der Waals surface area contributed by atoms with Crippen LogP contribution in [0.1, 0.15) is 48.0 Å². The van der Waals surface area contributed by atoms with Crippen molar-refractivity contribution in [2.75, 3.05) is 7.11 Å². The zero-order valence-corrected chi connectivity index (χ0v) is 28.5. The first-order valence-electron chi connectivity index (χ1n) is 16.3. The van der Waals surface area contributed by atoms with Crippen LogP contribution in [-0.2, 0) is 42.7 Å². The molecule has 19 heteroatoms. The Bertz CT molecular complexity index is 1080. The maximum atomic E-state index is 12.5. The van der Waals surface area contributed by atoms with Gasteiger partial charge in [-0.05, 0) is 41.5 Å². The number of methoxy groups -OCH3 is 1. The second-order valence-electron chi connectivity index (χ2n) is 13.9. The van der Waals surface area contributed by atoms with Gasteiger partial charge in [-0.2, -0.15) is 0 Å². The summed E-state index contributed by atoms with van der Waals surface area (Å²) in [5.41, 5.74) is -1.30. The molecule has 0 aliphatic carbocycles. The van der Waals surface area contributed by atoms with E-state index in [1.54, 1.807) is 6.92 Å². The Balaban J connectivity index is 1.46. The molecular formula is C30H53NO18. The molecule has 1 amide bonds. The van der Waals surface area contributed by atoms with Crippen molar-refractivity contribution >= 4 is 5.91 Å². The number of aliphatic hydroxyl groups is 9. The fourth-order valence-corrected chi connectivity index (χ4v) is 6.38. The topological polar surface area (TPSA) is 285 Å². The van der Waals surface area contributed by atoms with Gasteiger partial charge in [-0.1, -0.05) is 0 Å². The summed E-state index contributed by atoms with van der Waals surface area (Å²) in [5.74, 6) is -0.545. The summed E-state index contributed by atoms with van der Waals surface area (Å²) in [7, 11) is 1.26. The normalized spacial score (nSPS) is 49.8. The van der Waals surface area contributed by atoms with Crippen molar-refractivity contribution in [2.45, 2.75) is 176 Å². The van der Waals surface area contributed by atoms with Crippen LogP contribution in [0.5, 0.6) is 0 Å². The molecule has 4 fully saturated rings. The fraction of sp³-hybridized carbons (Fsp3) is 0.967. The molecule has 49 heavy (non-hydrogen) atoms. The third kappa shape index (κ3) is 9.06. The van der Waals surface area contributed by atoms with E-state index < -0.39 is 134 Å². The number of nitrogens with one attached hydrogen (secondary N) is 1. The molecule has 4 aliphatic heterocycles. The third-order valence-electron chi connectivity index (χ3n) is 9.26. The Labute approximate surface area is 283 Å². The number of carbonyl (C=O) groups is 1. The molecule has 4 heterocycles. The summed E-state index contributed by atoms with van der Waals surface area (Å²) in [4.78, 5) is 12.5. The minimum Gasteiger partial charge on any atom is -0.390 e. The Hall–Kier alpha value is -1.21. The van der Waals surface area contributed by atoms with Gasteiger partial charge < -0.3 is 89.2 Å². The molecule has 0 aromatic rings. The van der Waals surface area contributed by atoms with Crippen LogP contribution in [0, 0.1) is 0 Å². The van der Waals surface area contributed by atoms with Crippen molar-refractivity contribution in [1.82, 2.24) is 5.32 Å². The summed E-state index contributed by atoms with van der Waals surface area (Å²) in [5, 5.41) is 99.0. The zero-order chi connectivity index (χ0) is 36.7. The molecule has 0 aromatic carbocycles. The van der Waals surface area contributed by atoms with Gasteiger partial charge in [-0.25, -0.2) is 0 Å². The van der Waals surface area contributed by atoms with E-state index in [9.17, 15) is 50.8 Å². The van der Waals surface area contributed by atoms with Crippen molar-refractivity contribution in [3.8, 4) is 0 Å². The minimum atomic E-state index is -1.81. The Morgan fingerprint density at radius 3 is 1.53 bits per heavy atom. The van der Waals surface area contributed by atoms with E-state index in [1.807, 2.05) is 0 Å². The van der Waals surface area contributed by atoms with Crippen LogP contribution in [0.2, 0.25) is 0 Å². The highest BCUT2D eigenvalue weighted by Crippen LogP contribution is 2.34. The van der Waals surface area contributed by atoms with Gasteiger partial charge in [0.25, 0.3) is 0 Å². The molecule has 286 valence electrons. The number of amides is 1. The molecule has 0 bridgehead atoms. The van der Waals surface area contributed by atoms with Gasteiger partial charge in [0.2, 0.25) is 5.91 Å². The lowest BCUT2D eigenvalue weighted by Crippen LogP contribution is -2.67. The van der Waals surface area contributed by atoms with Crippen LogP contribution in [0.4, 0.5) is 0 Å². The van der Waals surface area contributed by atoms with E-state index in [0.29, 0.717) is 0 Å². The summed E-state index contributed by atoms with van der Waals surface area (Å²) in [6.45, 7) is 8.79. The lowest BCUT2D eigenvalue weighted by Gasteiger charge is -2.49. The van der Waals surface area contributed by atoms with Crippen LogP contribution in [-0.4, -0.2) is 187 Å². The van der Waals surface area contributed by atoms with Crippen LogP contribution in [0.15, 0.2) is 0 Å². The molecule has 0 saturated carbocycles. The predicted octanol–water partition coefficient (Wildman–Crippen LogP) is -4.70.